The molecule has 0 rings (SSSR count). The number of alkyl halides is 18. The van der Waals surface area contributed by atoms with Gasteiger partial charge in [-0.2, -0.15) is 79.0 Å². The third-order valence-corrected chi connectivity index (χ3v) is 2.51. The first-order valence-electron chi connectivity index (χ1n) is 7.92. The van der Waals surface area contributed by atoms with Crippen LogP contribution < -0.4 is 0 Å². The number of carbonyl (C=O) groups excluding carboxylic acids is 3. The zero-order valence-electron chi connectivity index (χ0n) is 17.7. The fourth-order valence-corrected chi connectivity index (χ4v) is 0.864. The molecule has 0 atom stereocenters. The van der Waals surface area contributed by atoms with Crippen LogP contribution in [0.4, 0.5) is 79.0 Å². The number of aliphatic hydroxyl groups excluding tert-OH is 3. The minimum Gasteiger partial charge on any atom is -0.504 e. The molecule has 0 saturated carbocycles. The zero-order chi connectivity index (χ0) is 32.6. The van der Waals surface area contributed by atoms with Crippen LogP contribution in [0.25, 0.3) is 0 Å². The molecule has 0 heterocycles. The second-order valence-corrected chi connectivity index (χ2v) is 5.67. The number of carbonyl (C=O) groups is 3. The smallest absolute Gasteiger partial charge is 0.454 e. The van der Waals surface area contributed by atoms with E-state index in [4.69, 9.17) is 15.3 Å². The van der Waals surface area contributed by atoms with E-state index in [0.717, 1.165) is 0 Å². The van der Waals surface area contributed by atoms with Crippen molar-refractivity contribution in [3.63, 3.8) is 0 Å². The van der Waals surface area contributed by atoms with Gasteiger partial charge in [-0.25, -0.2) is 0 Å². The van der Waals surface area contributed by atoms with Gasteiger partial charge in [0.15, 0.2) is 0 Å². The van der Waals surface area contributed by atoms with Crippen molar-refractivity contribution in [2.24, 2.45) is 0 Å². The first kappa shape index (κ1) is 44.3. The summed E-state index contributed by atoms with van der Waals surface area (Å²) >= 11 is 0. The van der Waals surface area contributed by atoms with Gasteiger partial charge in [0, 0.05) is 44.1 Å². The van der Waals surface area contributed by atoms with Crippen molar-refractivity contribution < 1.29 is 135 Å². The van der Waals surface area contributed by atoms with Gasteiger partial charge < -0.3 is 15.3 Å². The van der Waals surface area contributed by atoms with E-state index in [-0.39, 0.29) is 25.8 Å². The molecule has 6 nitrogen and oxygen atoms in total. The Morgan fingerprint density at radius 3 is 0.550 bits per heavy atom. The Bertz CT molecular complexity index is 834. The van der Waals surface area contributed by atoms with Gasteiger partial charge in [0.25, 0.3) is 17.3 Å². The summed E-state index contributed by atoms with van der Waals surface area (Å²) in [5, 5.41) is 23.8. The maximum absolute atomic E-state index is 11.4. The third kappa shape index (κ3) is 20.2. The summed E-state index contributed by atoms with van der Waals surface area (Å²) in [6.45, 7) is 0. The van der Waals surface area contributed by atoms with Crippen LogP contribution in [-0.2, 0) is 40.2 Å². The fraction of sp³-hybridized carbons (Fsp3) is 0.400. The second kappa shape index (κ2) is 15.3. The zero-order valence-corrected chi connectivity index (χ0v) is 19.5. The average Bonchev–Trinajstić information content (AvgIpc) is 2.64. The molecule has 1 radical (unpaired) electrons. The molecule has 0 amide bonds. The predicted octanol–water partition coefficient (Wildman–Crippen LogP) is 6.36. The molecule has 0 spiro atoms. The molecule has 0 saturated heterocycles. The second-order valence-electron chi connectivity index (χ2n) is 5.67. The van der Waals surface area contributed by atoms with Crippen molar-refractivity contribution in [3.05, 3.63) is 35.5 Å². The van der Waals surface area contributed by atoms with E-state index < -0.39 is 89.9 Å². The van der Waals surface area contributed by atoms with E-state index in [2.05, 4.69) is 0 Å². The number of ketones is 3. The summed E-state index contributed by atoms with van der Waals surface area (Å²) in [7, 11) is 0. The molecular weight excluding hydrogens is 663 g/mol. The van der Waals surface area contributed by atoms with Gasteiger partial charge in [0.1, 0.15) is 0 Å². The number of halogens is 18. The summed E-state index contributed by atoms with van der Waals surface area (Å²) in [5.41, 5.74) is 0. The Morgan fingerprint density at radius 1 is 0.350 bits per heavy atom. The molecule has 0 aliphatic rings. The molecule has 25 heteroatoms. The number of aliphatic hydroxyl groups is 3. The van der Waals surface area contributed by atoms with E-state index >= 15 is 0 Å². The Morgan fingerprint density at radius 2 is 0.475 bits per heavy atom. The van der Waals surface area contributed by atoms with Crippen LogP contribution in [-0.4, -0.2) is 69.7 Å². The molecule has 0 aromatic heterocycles. The largest absolute Gasteiger partial charge is 0.504 e. The van der Waals surface area contributed by atoms with Crippen LogP contribution >= 0.6 is 0 Å². The van der Waals surface area contributed by atoms with Crippen LogP contribution in [0, 0.1) is 0 Å². The van der Waals surface area contributed by atoms with Crippen LogP contribution in [0.15, 0.2) is 35.5 Å². The van der Waals surface area contributed by atoms with Gasteiger partial charge in [-0.3, -0.25) is 14.4 Å². The number of allylic oxidation sites excluding steroid dienone is 6. The number of hydrogen-bond donors (Lipinski definition) is 3. The van der Waals surface area contributed by atoms with Gasteiger partial charge in [0.05, 0.1) is 0 Å². The van der Waals surface area contributed by atoms with Crippen molar-refractivity contribution in [3.8, 4) is 0 Å². The van der Waals surface area contributed by atoms with E-state index in [1.807, 2.05) is 0 Å². The van der Waals surface area contributed by atoms with Crippen LogP contribution in [0.3, 0.4) is 0 Å². The molecule has 0 aliphatic heterocycles. The van der Waals surface area contributed by atoms with Crippen LogP contribution in [0.5, 0.6) is 0 Å². The molecular formula is C15H6F18O6Sc. The Kier molecular flexibility index (Phi) is 16.9. The van der Waals surface area contributed by atoms with Crippen molar-refractivity contribution in [1.82, 2.24) is 0 Å². The molecule has 0 aromatic carbocycles. The number of rotatable bonds is 3. The summed E-state index contributed by atoms with van der Waals surface area (Å²) < 4.78 is 204. The third-order valence-electron chi connectivity index (χ3n) is 2.51. The molecule has 0 fully saturated rings. The quantitative estimate of drug-likeness (QED) is 0.183. The summed E-state index contributed by atoms with van der Waals surface area (Å²) in [4.78, 5) is 29.6. The molecule has 40 heavy (non-hydrogen) atoms. The molecule has 0 aliphatic carbocycles. The van der Waals surface area contributed by atoms with Gasteiger partial charge in [-0.05, 0) is 0 Å². The Hall–Kier alpha value is -2.76. The molecule has 0 aromatic rings. The Labute approximate surface area is 225 Å². The normalized spacial score (nSPS) is 14.1. The minimum absolute atomic E-state index is 0. The van der Waals surface area contributed by atoms with Crippen molar-refractivity contribution in [1.29, 1.82) is 0 Å². The first-order chi connectivity index (χ1) is 16.6. The minimum atomic E-state index is -5.42. The maximum atomic E-state index is 11.4. The fourth-order valence-electron chi connectivity index (χ4n) is 0.864. The molecule has 3 N–H and O–H groups in total. The topological polar surface area (TPSA) is 112 Å². The monoisotopic (exact) mass is 669 g/mol. The number of hydrogen-bond acceptors (Lipinski definition) is 6. The Balaban J connectivity index is -0.000000240. The van der Waals surface area contributed by atoms with E-state index in [9.17, 15) is 93.4 Å². The van der Waals surface area contributed by atoms with E-state index in [1.165, 1.54) is 0 Å². The van der Waals surface area contributed by atoms with Crippen molar-refractivity contribution in [2.45, 2.75) is 37.1 Å². The van der Waals surface area contributed by atoms with Gasteiger partial charge in [-0.15, -0.1) is 0 Å². The predicted molar refractivity (Wildman–Crippen MR) is 83.5 cm³/mol. The summed E-state index contributed by atoms with van der Waals surface area (Å²) in [6, 6.07) is 0. The van der Waals surface area contributed by atoms with E-state index in [1.54, 1.807) is 0 Å². The first-order valence-corrected chi connectivity index (χ1v) is 7.92. The standard InChI is InChI=1S/3C5H2F6O2.Sc/c3*6-4(7,8)2(12)1-3(13)5(9,10)11;/h3*1,12H;. The van der Waals surface area contributed by atoms with Crippen molar-refractivity contribution in [2.75, 3.05) is 0 Å². The molecule has 0 bridgehead atoms. The summed E-state index contributed by atoms with van der Waals surface area (Å²) in [6.07, 6.45) is -35.0. The van der Waals surface area contributed by atoms with Crippen molar-refractivity contribution >= 4 is 17.3 Å². The molecule has 231 valence electrons. The SMILES string of the molecule is O=C(C=C(O)C(F)(F)F)C(F)(F)F.O=C(C=C(O)C(F)(F)F)C(F)(F)F.O=C(C=C(O)C(F)(F)F)C(F)(F)F.[Sc]. The van der Waals surface area contributed by atoms with Gasteiger partial charge >= 0.3 is 37.1 Å². The summed E-state index contributed by atoms with van der Waals surface area (Å²) in [5.74, 6) is -16.0. The van der Waals surface area contributed by atoms with Crippen LogP contribution in [0.2, 0.25) is 0 Å². The van der Waals surface area contributed by atoms with E-state index in [0.29, 0.717) is 0 Å². The maximum Gasteiger partial charge on any atom is 0.454 e. The molecule has 0 unspecified atom stereocenters. The van der Waals surface area contributed by atoms with Crippen LogP contribution in [0.1, 0.15) is 0 Å². The average molecular weight is 669 g/mol. The van der Waals surface area contributed by atoms with Gasteiger partial charge in [-0.1, -0.05) is 0 Å². The van der Waals surface area contributed by atoms with Gasteiger partial charge in [0.2, 0.25) is 17.3 Å².